The zero-order chi connectivity index (χ0) is 23.0. The molecule has 0 spiro atoms. The average molecular weight is 442 g/mol. The number of fused-ring (bicyclic) bond motifs is 1. The molecule has 8 heteroatoms. The van der Waals surface area contributed by atoms with Crippen molar-refractivity contribution in [2.24, 2.45) is 17.3 Å². The number of nitrogens with zero attached hydrogens (tertiary/aromatic N) is 2. The summed E-state index contributed by atoms with van der Waals surface area (Å²) in [5.41, 5.74) is -0.446. The van der Waals surface area contributed by atoms with E-state index in [1.54, 1.807) is 12.0 Å². The predicted molar refractivity (Wildman–Crippen MR) is 120 cm³/mol. The van der Waals surface area contributed by atoms with Gasteiger partial charge < -0.3 is 29.7 Å². The number of carbonyl (C=O) groups excluding carboxylic acids is 2. The fourth-order valence-corrected chi connectivity index (χ4v) is 4.41. The van der Waals surface area contributed by atoms with E-state index in [4.69, 9.17) is 9.47 Å². The fourth-order valence-electron chi connectivity index (χ4n) is 4.41. The maximum atomic E-state index is 13.2. The summed E-state index contributed by atoms with van der Waals surface area (Å²) < 4.78 is 11.1. The molecule has 0 saturated carbocycles. The second-order valence-electron chi connectivity index (χ2n) is 10.1. The van der Waals surface area contributed by atoms with Crippen LogP contribution in [0.15, 0.2) is 0 Å². The van der Waals surface area contributed by atoms with E-state index in [1.807, 2.05) is 32.6 Å². The van der Waals surface area contributed by atoms with Crippen molar-refractivity contribution >= 4 is 11.9 Å². The molecule has 8 nitrogen and oxygen atoms in total. The van der Waals surface area contributed by atoms with E-state index in [2.05, 4.69) is 5.32 Å². The highest BCUT2D eigenvalue weighted by molar-refractivity contribution is 5.77. The molecule has 2 fully saturated rings. The predicted octanol–water partition coefficient (Wildman–Crippen LogP) is 2.11. The quantitative estimate of drug-likeness (QED) is 0.697. The largest absolute Gasteiger partial charge is 0.391 e. The van der Waals surface area contributed by atoms with E-state index in [9.17, 15) is 14.7 Å². The summed E-state index contributed by atoms with van der Waals surface area (Å²) >= 11 is 0. The van der Waals surface area contributed by atoms with Crippen molar-refractivity contribution in [1.82, 2.24) is 15.1 Å². The molecule has 2 saturated heterocycles. The lowest BCUT2D eigenvalue weighted by atomic mass is 9.80. The molecule has 0 radical (unpaired) electrons. The molecule has 180 valence electrons. The van der Waals surface area contributed by atoms with Crippen LogP contribution < -0.4 is 5.32 Å². The van der Waals surface area contributed by atoms with Crippen molar-refractivity contribution in [2.75, 3.05) is 53.1 Å². The summed E-state index contributed by atoms with van der Waals surface area (Å²) in [6.45, 7) is 11.4. The summed E-state index contributed by atoms with van der Waals surface area (Å²) in [6.07, 6.45) is 2.39. The van der Waals surface area contributed by atoms with E-state index >= 15 is 0 Å². The zero-order valence-corrected chi connectivity index (χ0v) is 20.1. The van der Waals surface area contributed by atoms with Crippen molar-refractivity contribution < 1.29 is 24.2 Å². The minimum atomic E-state index is -0.675. The first-order chi connectivity index (χ1) is 14.6. The monoisotopic (exact) mass is 441 g/mol. The smallest absolute Gasteiger partial charge is 0.317 e. The number of hydrogen-bond acceptors (Lipinski definition) is 5. The van der Waals surface area contributed by atoms with E-state index in [1.165, 1.54) is 0 Å². The van der Waals surface area contributed by atoms with Crippen LogP contribution in [0.25, 0.3) is 0 Å². The number of hydrogen-bond donors (Lipinski definition) is 2. The van der Waals surface area contributed by atoms with Crippen LogP contribution in [0.2, 0.25) is 0 Å². The lowest BCUT2D eigenvalue weighted by molar-refractivity contribution is -0.137. The summed E-state index contributed by atoms with van der Waals surface area (Å²) in [6, 6.07) is 0.0786. The number of piperidine rings is 1. The number of amides is 3. The van der Waals surface area contributed by atoms with Gasteiger partial charge in [-0.3, -0.25) is 4.79 Å². The van der Waals surface area contributed by atoms with Crippen molar-refractivity contribution in [2.45, 2.75) is 65.5 Å². The first kappa shape index (κ1) is 25.9. The van der Waals surface area contributed by atoms with Crippen LogP contribution in [0.3, 0.4) is 0 Å². The Balaban J connectivity index is 2.14. The van der Waals surface area contributed by atoms with Gasteiger partial charge in [-0.05, 0) is 44.9 Å². The number of ether oxygens (including phenoxy) is 2. The summed E-state index contributed by atoms with van der Waals surface area (Å²) in [5.74, 6) is 0.552. The number of rotatable bonds is 4. The SMILES string of the molecule is COCCN1C[C@H](O)C(C)(C)COCCC[C@H]2CN(C(=O)NC(C)C)CC[C@H]2CC1=O. The maximum absolute atomic E-state index is 13.2. The molecule has 2 N–H and O–H groups in total. The third-order valence-corrected chi connectivity index (χ3v) is 6.58. The molecular weight excluding hydrogens is 398 g/mol. The highest BCUT2D eigenvalue weighted by Crippen LogP contribution is 2.32. The lowest BCUT2D eigenvalue weighted by Gasteiger charge is -2.39. The minimum Gasteiger partial charge on any atom is -0.391 e. The van der Waals surface area contributed by atoms with Crippen LogP contribution in [-0.4, -0.2) is 92.1 Å². The Morgan fingerprint density at radius 1 is 1.29 bits per heavy atom. The van der Waals surface area contributed by atoms with Crippen molar-refractivity contribution in [3.8, 4) is 0 Å². The van der Waals surface area contributed by atoms with E-state index in [-0.39, 0.29) is 36.4 Å². The van der Waals surface area contributed by atoms with Crippen LogP contribution in [-0.2, 0) is 14.3 Å². The molecule has 31 heavy (non-hydrogen) atoms. The topological polar surface area (TPSA) is 91.3 Å². The van der Waals surface area contributed by atoms with Gasteiger partial charge in [-0.25, -0.2) is 4.79 Å². The second kappa shape index (κ2) is 12.0. The Morgan fingerprint density at radius 2 is 2.03 bits per heavy atom. The molecule has 3 atom stereocenters. The number of urea groups is 1. The van der Waals surface area contributed by atoms with Crippen LogP contribution in [0.1, 0.15) is 53.4 Å². The van der Waals surface area contributed by atoms with Gasteiger partial charge in [0, 0.05) is 57.8 Å². The number of methoxy groups -OCH3 is 1. The molecule has 2 aliphatic rings. The molecule has 3 amide bonds. The molecule has 0 aromatic carbocycles. The fraction of sp³-hybridized carbons (Fsp3) is 0.913. The first-order valence-electron chi connectivity index (χ1n) is 11.7. The van der Waals surface area contributed by atoms with Crippen LogP contribution in [0.4, 0.5) is 4.79 Å². The summed E-state index contributed by atoms with van der Waals surface area (Å²) in [4.78, 5) is 29.4. The average Bonchev–Trinajstić information content (AvgIpc) is 2.70. The van der Waals surface area contributed by atoms with E-state index < -0.39 is 11.5 Å². The van der Waals surface area contributed by atoms with Crippen LogP contribution in [0.5, 0.6) is 0 Å². The van der Waals surface area contributed by atoms with E-state index in [0.717, 1.165) is 19.3 Å². The van der Waals surface area contributed by atoms with Crippen LogP contribution in [0, 0.1) is 17.3 Å². The Morgan fingerprint density at radius 3 is 2.71 bits per heavy atom. The molecule has 0 bridgehead atoms. The first-order valence-corrected chi connectivity index (χ1v) is 11.7. The standard InChI is InChI=1S/C23H43N3O5/c1-17(2)24-22(29)26-9-8-18-13-21(28)25(10-12-30-5)15-20(27)23(3,4)16-31-11-6-7-19(18)14-26/h17-20,27H,6-16H2,1-5H3,(H,24,29)/t18-,19-,20-/m0/s1. The maximum Gasteiger partial charge on any atom is 0.317 e. The normalized spacial score (nSPS) is 28.4. The molecule has 0 aliphatic carbocycles. The van der Waals surface area contributed by atoms with Gasteiger partial charge in [0.1, 0.15) is 0 Å². The zero-order valence-electron chi connectivity index (χ0n) is 20.1. The van der Waals surface area contributed by atoms with Gasteiger partial charge >= 0.3 is 6.03 Å². The third-order valence-electron chi connectivity index (χ3n) is 6.58. The van der Waals surface area contributed by atoms with E-state index in [0.29, 0.717) is 45.9 Å². The number of aliphatic hydroxyl groups excluding tert-OH is 1. The highest BCUT2D eigenvalue weighted by Gasteiger charge is 2.36. The summed E-state index contributed by atoms with van der Waals surface area (Å²) in [7, 11) is 1.62. The molecule has 2 aliphatic heterocycles. The lowest BCUT2D eigenvalue weighted by Crippen LogP contribution is -2.50. The second-order valence-corrected chi connectivity index (χ2v) is 10.1. The van der Waals surface area contributed by atoms with Gasteiger partial charge in [0.2, 0.25) is 5.91 Å². The van der Waals surface area contributed by atoms with Crippen molar-refractivity contribution in [1.29, 1.82) is 0 Å². The van der Waals surface area contributed by atoms with Gasteiger partial charge in [0.05, 0.1) is 19.3 Å². The number of nitrogens with one attached hydrogen (secondary N) is 1. The molecule has 0 unspecified atom stereocenters. The molecule has 2 rings (SSSR count). The number of β-amino-alcohol motifs (C(OH)–C–C–N with tert-alkyl or cyclic N) is 1. The Hall–Kier alpha value is -1.38. The minimum absolute atomic E-state index is 0.0227. The highest BCUT2D eigenvalue weighted by atomic mass is 16.5. The molecule has 2 heterocycles. The van der Waals surface area contributed by atoms with Gasteiger partial charge in [0.25, 0.3) is 0 Å². The van der Waals surface area contributed by atoms with Crippen molar-refractivity contribution in [3.63, 3.8) is 0 Å². The Bertz CT molecular complexity index is 584. The Labute approximate surface area is 187 Å². The number of carbonyl (C=O) groups is 2. The van der Waals surface area contributed by atoms with Gasteiger partial charge in [-0.2, -0.15) is 0 Å². The number of likely N-dealkylation sites (tertiary alicyclic amines) is 1. The molecule has 0 aromatic rings. The van der Waals surface area contributed by atoms with Gasteiger partial charge in [-0.1, -0.05) is 13.8 Å². The third kappa shape index (κ3) is 7.91. The Kier molecular flexibility index (Phi) is 10.0. The molecular formula is C23H43N3O5. The van der Waals surface area contributed by atoms with Crippen molar-refractivity contribution in [3.05, 3.63) is 0 Å². The van der Waals surface area contributed by atoms with Gasteiger partial charge in [-0.15, -0.1) is 0 Å². The molecule has 0 aromatic heterocycles. The number of aliphatic hydroxyl groups is 1. The van der Waals surface area contributed by atoms with Crippen LogP contribution >= 0.6 is 0 Å². The summed E-state index contributed by atoms with van der Waals surface area (Å²) in [5, 5.41) is 13.8. The van der Waals surface area contributed by atoms with Gasteiger partial charge in [0.15, 0.2) is 0 Å².